The van der Waals surface area contributed by atoms with Gasteiger partial charge in [-0.1, -0.05) is 18.2 Å². The van der Waals surface area contributed by atoms with Crippen LogP contribution in [0.3, 0.4) is 0 Å². The maximum Gasteiger partial charge on any atom is 0.316 e. The summed E-state index contributed by atoms with van der Waals surface area (Å²) in [5.41, 5.74) is 1.04. The second kappa shape index (κ2) is 6.43. The van der Waals surface area contributed by atoms with Crippen molar-refractivity contribution in [3.05, 3.63) is 29.8 Å². The number of hydrogen-bond donors (Lipinski definition) is 1. The lowest BCUT2D eigenvalue weighted by Crippen LogP contribution is -2.11. The summed E-state index contributed by atoms with van der Waals surface area (Å²) >= 11 is 1.40. The van der Waals surface area contributed by atoms with Gasteiger partial charge in [-0.3, -0.25) is 4.79 Å². The van der Waals surface area contributed by atoms with E-state index in [1.54, 1.807) is 6.92 Å². The van der Waals surface area contributed by atoms with Gasteiger partial charge in [0.2, 0.25) is 0 Å². The average Bonchev–Trinajstić information content (AvgIpc) is 2.27. The van der Waals surface area contributed by atoms with Gasteiger partial charge >= 0.3 is 5.97 Å². The van der Waals surface area contributed by atoms with E-state index in [0.717, 1.165) is 11.3 Å². The number of aliphatic carboxylic acids is 1. The molecule has 3 nitrogen and oxygen atoms in total. The fraction of sp³-hybridized carbons (Fsp3) is 0.417. The number of benzene rings is 1. The highest BCUT2D eigenvalue weighted by atomic mass is 32.2. The molecule has 1 N–H and O–H groups in total. The Morgan fingerprint density at radius 1 is 1.50 bits per heavy atom. The number of hydrogen-bond acceptors (Lipinski definition) is 3. The van der Waals surface area contributed by atoms with Crippen molar-refractivity contribution in [3.63, 3.8) is 0 Å². The molecule has 0 spiro atoms. The molecule has 0 heterocycles. The summed E-state index contributed by atoms with van der Waals surface area (Å²) in [6, 6.07) is 7.72. The molecule has 16 heavy (non-hydrogen) atoms. The zero-order chi connectivity index (χ0) is 12.0. The van der Waals surface area contributed by atoms with Gasteiger partial charge in [-0.15, -0.1) is 11.8 Å². The zero-order valence-corrected chi connectivity index (χ0v) is 10.3. The molecule has 1 unspecified atom stereocenters. The molecule has 0 aliphatic carbocycles. The van der Waals surface area contributed by atoms with Crippen LogP contribution in [0.15, 0.2) is 24.3 Å². The highest BCUT2D eigenvalue weighted by Gasteiger charge is 2.12. The van der Waals surface area contributed by atoms with Crippen LogP contribution in [-0.2, 0) is 10.5 Å². The molecule has 1 aromatic carbocycles. The van der Waals surface area contributed by atoms with E-state index < -0.39 is 11.2 Å². The molecule has 1 rings (SSSR count). The molecule has 0 amide bonds. The number of thioether (sulfide) groups is 1. The van der Waals surface area contributed by atoms with Gasteiger partial charge in [-0.2, -0.15) is 0 Å². The summed E-state index contributed by atoms with van der Waals surface area (Å²) < 4.78 is 5.47. The average molecular weight is 240 g/mol. The van der Waals surface area contributed by atoms with Crippen LogP contribution >= 0.6 is 11.8 Å². The van der Waals surface area contributed by atoms with Gasteiger partial charge in [-0.25, -0.2) is 0 Å². The lowest BCUT2D eigenvalue weighted by molar-refractivity contribution is -0.136. The van der Waals surface area contributed by atoms with E-state index in [0.29, 0.717) is 12.4 Å². The van der Waals surface area contributed by atoms with Crippen molar-refractivity contribution in [1.82, 2.24) is 0 Å². The highest BCUT2D eigenvalue weighted by Crippen LogP contribution is 2.25. The SMILES string of the molecule is CCOc1ccccc1CSC(C)C(=O)O. The Kier molecular flexibility index (Phi) is 5.19. The van der Waals surface area contributed by atoms with Gasteiger partial charge in [-0.05, 0) is 19.9 Å². The van der Waals surface area contributed by atoms with Gasteiger partial charge < -0.3 is 9.84 Å². The number of carboxylic acids is 1. The van der Waals surface area contributed by atoms with Crippen molar-refractivity contribution in [2.24, 2.45) is 0 Å². The van der Waals surface area contributed by atoms with Crippen LogP contribution in [0.2, 0.25) is 0 Å². The summed E-state index contributed by atoms with van der Waals surface area (Å²) in [5, 5.41) is 8.39. The van der Waals surface area contributed by atoms with Crippen LogP contribution in [0.5, 0.6) is 5.75 Å². The molecule has 0 saturated heterocycles. The van der Waals surface area contributed by atoms with Gasteiger partial charge in [0.25, 0.3) is 0 Å². The predicted molar refractivity (Wildman–Crippen MR) is 66.0 cm³/mol. The summed E-state index contributed by atoms with van der Waals surface area (Å²) in [7, 11) is 0. The van der Waals surface area contributed by atoms with Crippen molar-refractivity contribution in [2.75, 3.05) is 6.61 Å². The van der Waals surface area contributed by atoms with E-state index >= 15 is 0 Å². The second-order valence-corrected chi connectivity index (χ2v) is 4.66. The topological polar surface area (TPSA) is 46.5 Å². The number of carboxylic acid groups (broad SMARTS) is 1. The molecule has 0 radical (unpaired) electrons. The normalized spacial score (nSPS) is 12.1. The van der Waals surface area contributed by atoms with E-state index in [-0.39, 0.29) is 0 Å². The van der Waals surface area contributed by atoms with Crippen molar-refractivity contribution in [3.8, 4) is 5.75 Å². The molecule has 0 aromatic heterocycles. The first kappa shape index (κ1) is 12.9. The molecule has 0 aliphatic rings. The van der Waals surface area contributed by atoms with E-state index in [1.807, 2.05) is 31.2 Å². The molecule has 0 aliphatic heterocycles. The van der Waals surface area contributed by atoms with Crippen LogP contribution in [0.1, 0.15) is 19.4 Å². The summed E-state index contributed by atoms with van der Waals surface area (Å²) in [6.07, 6.45) is 0. The lowest BCUT2D eigenvalue weighted by Gasteiger charge is -2.11. The van der Waals surface area contributed by atoms with Crippen molar-refractivity contribution in [1.29, 1.82) is 0 Å². The Morgan fingerprint density at radius 3 is 2.81 bits per heavy atom. The minimum Gasteiger partial charge on any atom is -0.494 e. The summed E-state index contributed by atoms with van der Waals surface area (Å²) in [5.74, 6) is 0.720. The predicted octanol–water partition coefficient (Wildman–Crippen LogP) is 2.79. The zero-order valence-electron chi connectivity index (χ0n) is 9.47. The quantitative estimate of drug-likeness (QED) is 0.830. The fourth-order valence-electron chi connectivity index (χ4n) is 1.21. The van der Waals surface area contributed by atoms with Crippen molar-refractivity contribution < 1.29 is 14.6 Å². The minimum absolute atomic E-state index is 0.394. The van der Waals surface area contributed by atoms with Crippen LogP contribution in [-0.4, -0.2) is 22.9 Å². The standard InChI is InChI=1S/C12H16O3S/c1-3-15-11-7-5-4-6-10(11)8-16-9(2)12(13)14/h4-7,9H,3,8H2,1-2H3,(H,13,14). The molecular weight excluding hydrogens is 224 g/mol. The van der Waals surface area contributed by atoms with Crippen LogP contribution < -0.4 is 4.74 Å². The Morgan fingerprint density at radius 2 is 2.19 bits per heavy atom. The number of ether oxygens (including phenoxy) is 1. The first-order valence-corrected chi connectivity index (χ1v) is 6.25. The first-order valence-electron chi connectivity index (χ1n) is 5.20. The van der Waals surface area contributed by atoms with E-state index in [9.17, 15) is 4.79 Å². The van der Waals surface area contributed by atoms with Crippen LogP contribution in [0.25, 0.3) is 0 Å². The van der Waals surface area contributed by atoms with E-state index in [2.05, 4.69) is 0 Å². The molecule has 1 atom stereocenters. The third-order valence-electron chi connectivity index (χ3n) is 2.11. The third kappa shape index (κ3) is 3.77. The van der Waals surface area contributed by atoms with Crippen LogP contribution in [0.4, 0.5) is 0 Å². The maximum absolute atomic E-state index is 10.7. The number of rotatable bonds is 6. The Bertz CT molecular complexity index is 352. The van der Waals surface area contributed by atoms with Crippen LogP contribution in [0, 0.1) is 0 Å². The van der Waals surface area contributed by atoms with Gasteiger partial charge in [0.05, 0.1) is 11.9 Å². The lowest BCUT2D eigenvalue weighted by atomic mass is 10.2. The first-order chi connectivity index (χ1) is 7.65. The Balaban J connectivity index is 2.62. The highest BCUT2D eigenvalue weighted by molar-refractivity contribution is 7.99. The third-order valence-corrected chi connectivity index (χ3v) is 3.29. The van der Waals surface area contributed by atoms with E-state index in [1.165, 1.54) is 11.8 Å². The molecule has 0 saturated carbocycles. The Hall–Kier alpha value is -1.16. The smallest absolute Gasteiger partial charge is 0.316 e. The monoisotopic (exact) mass is 240 g/mol. The van der Waals surface area contributed by atoms with Gasteiger partial charge in [0.15, 0.2) is 0 Å². The van der Waals surface area contributed by atoms with Crippen molar-refractivity contribution >= 4 is 17.7 Å². The minimum atomic E-state index is -0.779. The maximum atomic E-state index is 10.7. The second-order valence-electron chi connectivity index (χ2n) is 3.33. The van der Waals surface area contributed by atoms with Gasteiger partial charge in [0, 0.05) is 11.3 Å². The van der Waals surface area contributed by atoms with Crippen molar-refractivity contribution in [2.45, 2.75) is 24.9 Å². The summed E-state index contributed by atoms with van der Waals surface area (Å²) in [4.78, 5) is 10.7. The molecule has 0 fully saturated rings. The Labute approximate surface area is 99.8 Å². The summed E-state index contributed by atoms with van der Waals surface area (Å²) in [6.45, 7) is 4.25. The fourth-order valence-corrected chi connectivity index (χ4v) is 2.02. The van der Waals surface area contributed by atoms with Gasteiger partial charge in [0.1, 0.15) is 5.75 Å². The molecule has 1 aromatic rings. The number of carbonyl (C=O) groups is 1. The van der Waals surface area contributed by atoms with E-state index in [4.69, 9.17) is 9.84 Å². The molecule has 4 heteroatoms. The molecule has 0 bridgehead atoms. The number of para-hydroxylation sites is 1. The largest absolute Gasteiger partial charge is 0.494 e. The molecular formula is C12H16O3S. The molecule has 88 valence electrons.